The summed E-state index contributed by atoms with van der Waals surface area (Å²) in [4.78, 5) is 5.42. The van der Waals surface area contributed by atoms with Gasteiger partial charge in [-0.15, -0.1) is 0 Å². The Kier molecular flexibility index (Phi) is 4.25. The average Bonchev–Trinajstić information content (AvgIpc) is 3.21. The normalized spacial score (nSPS) is 25.5. The van der Waals surface area contributed by atoms with Gasteiger partial charge in [-0.05, 0) is 76.6 Å². The Balaban J connectivity index is 1.27. The molecule has 5 rings (SSSR count). The maximum absolute atomic E-state index is 5.88. The lowest BCUT2D eigenvalue weighted by molar-refractivity contribution is -0.0791. The van der Waals surface area contributed by atoms with Gasteiger partial charge in [0, 0.05) is 41.0 Å². The molecular formula is C25H37N3O. The first-order chi connectivity index (χ1) is 13.6. The number of aromatic nitrogens is 1. The predicted octanol–water partition coefficient (Wildman–Crippen LogP) is 4.79. The summed E-state index contributed by atoms with van der Waals surface area (Å²) in [7, 11) is 0. The molecule has 1 spiro atoms. The summed E-state index contributed by atoms with van der Waals surface area (Å²) in [6, 6.07) is 5.22. The van der Waals surface area contributed by atoms with E-state index in [-0.39, 0.29) is 5.41 Å². The minimum absolute atomic E-state index is 0.0171. The third-order valence-electron chi connectivity index (χ3n) is 7.81. The van der Waals surface area contributed by atoms with Crippen molar-refractivity contribution >= 4 is 11.0 Å². The molecule has 0 radical (unpaired) electrons. The van der Waals surface area contributed by atoms with Crippen LogP contribution in [0.15, 0.2) is 16.7 Å². The van der Waals surface area contributed by atoms with Gasteiger partial charge in [0.25, 0.3) is 0 Å². The number of hydrogen-bond donors (Lipinski definition) is 0. The van der Waals surface area contributed by atoms with Crippen LogP contribution in [-0.4, -0.2) is 52.7 Å². The molecule has 2 aliphatic heterocycles. The second kappa shape index (κ2) is 6.31. The lowest BCUT2D eigenvalue weighted by atomic mass is 9.70. The molecule has 2 aromatic rings. The van der Waals surface area contributed by atoms with E-state index in [0.29, 0.717) is 17.0 Å². The first-order valence-corrected chi connectivity index (χ1v) is 11.5. The summed E-state index contributed by atoms with van der Waals surface area (Å²) in [5, 5.41) is 5.66. The number of hydrogen-bond acceptors (Lipinski definition) is 4. The summed E-state index contributed by atoms with van der Waals surface area (Å²) in [6.07, 6.45) is 5.01. The average molecular weight is 396 g/mol. The Morgan fingerprint density at radius 1 is 1.00 bits per heavy atom. The van der Waals surface area contributed by atoms with Gasteiger partial charge in [0.05, 0.1) is 5.69 Å². The minimum atomic E-state index is 0.0171. The topological polar surface area (TPSA) is 32.5 Å². The molecule has 4 heteroatoms. The van der Waals surface area contributed by atoms with Crippen LogP contribution in [-0.2, 0) is 18.3 Å². The largest absolute Gasteiger partial charge is 0.356 e. The molecule has 0 amide bonds. The molecule has 0 saturated carbocycles. The van der Waals surface area contributed by atoms with Crippen LogP contribution in [0.25, 0.3) is 11.0 Å². The Morgan fingerprint density at radius 3 is 2.31 bits per heavy atom. The SMILES string of the molecule is CC(C)(C)c1noc2c3c(ccc12)CC(N1CC2(CCN(C(C)(C)C)CC2)C1)C3. The molecule has 1 aromatic heterocycles. The third-order valence-corrected chi connectivity index (χ3v) is 7.81. The fraction of sp³-hybridized carbons (Fsp3) is 0.720. The highest BCUT2D eigenvalue weighted by molar-refractivity contribution is 5.85. The molecular weight excluding hydrogens is 358 g/mol. The first-order valence-electron chi connectivity index (χ1n) is 11.5. The zero-order valence-corrected chi connectivity index (χ0v) is 19.1. The van der Waals surface area contributed by atoms with Crippen LogP contribution in [0.2, 0.25) is 0 Å². The zero-order valence-electron chi connectivity index (χ0n) is 19.1. The highest BCUT2D eigenvalue weighted by Gasteiger charge is 2.48. The molecule has 1 aliphatic carbocycles. The molecule has 3 heterocycles. The van der Waals surface area contributed by atoms with Gasteiger partial charge < -0.3 is 4.52 Å². The molecule has 1 aromatic carbocycles. The van der Waals surface area contributed by atoms with Crippen LogP contribution >= 0.6 is 0 Å². The van der Waals surface area contributed by atoms with Crippen molar-refractivity contribution in [1.29, 1.82) is 0 Å². The first kappa shape index (κ1) is 19.6. The van der Waals surface area contributed by atoms with E-state index in [1.165, 1.54) is 62.0 Å². The molecule has 0 N–H and O–H groups in total. The van der Waals surface area contributed by atoms with Crippen molar-refractivity contribution < 1.29 is 4.52 Å². The van der Waals surface area contributed by atoms with Crippen molar-refractivity contribution in [2.75, 3.05) is 26.2 Å². The lowest BCUT2D eigenvalue weighted by Crippen LogP contribution is -2.64. The van der Waals surface area contributed by atoms with Crippen molar-refractivity contribution in [1.82, 2.24) is 15.0 Å². The highest BCUT2D eigenvalue weighted by Crippen LogP contribution is 2.45. The second-order valence-corrected chi connectivity index (χ2v) is 12.0. The van der Waals surface area contributed by atoms with E-state index in [4.69, 9.17) is 4.52 Å². The van der Waals surface area contributed by atoms with E-state index in [9.17, 15) is 0 Å². The summed E-state index contributed by atoms with van der Waals surface area (Å²) in [5.41, 5.74) is 5.94. The number of piperidine rings is 1. The van der Waals surface area contributed by atoms with E-state index < -0.39 is 0 Å². The van der Waals surface area contributed by atoms with Crippen molar-refractivity contribution in [3.63, 3.8) is 0 Å². The van der Waals surface area contributed by atoms with Crippen molar-refractivity contribution in [3.05, 3.63) is 29.0 Å². The standard InChI is InChI=1S/C25H37N3O/c1-23(2,3)22-19-8-7-17-13-18(14-20(17)21(19)29-26-22)27-15-25(16-27)9-11-28(12-10-25)24(4,5)6/h7-8,18H,9-16H2,1-6H3. The van der Waals surface area contributed by atoms with Crippen LogP contribution < -0.4 is 0 Å². The summed E-state index contributed by atoms with van der Waals surface area (Å²) in [6.45, 7) is 18.8. The fourth-order valence-electron chi connectivity index (χ4n) is 5.92. The van der Waals surface area contributed by atoms with Gasteiger partial charge >= 0.3 is 0 Å². The van der Waals surface area contributed by atoms with Gasteiger partial charge in [-0.25, -0.2) is 0 Å². The molecule has 2 fully saturated rings. The van der Waals surface area contributed by atoms with Crippen molar-refractivity contribution in [2.45, 2.75) is 84.2 Å². The molecule has 1 unspecified atom stereocenters. The van der Waals surface area contributed by atoms with E-state index in [1.807, 2.05) is 0 Å². The van der Waals surface area contributed by atoms with Gasteiger partial charge in [0.2, 0.25) is 0 Å². The molecule has 2 saturated heterocycles. The van der Waals surface area contributed by atoms with Crippen LogP contribution in [0.3, 0.4) is 0 Å². The Hall–Kier alpha value is -1.39. The monoisotopic (exact) mass is 395 g/mol. The minimum Gasteiger partial charge on any atom is -0.356 e. The predicted molar refractivity (Wildman–Crippen MR) is 118 cm³/mol. The summed E-state index contributed by atoms with van der Waals surface area (Å²) < 4.78 is 5.88. The summed E-state index contributed by atoms with van der Waals surface area (Å²) >= 11 is 0. The maximum atomic E-state index is 5.88. The number of nitrogens with zero attached hydrogens (tertiary/aromatic N) is 3. The number of likely N-dealkylation sites (tertiary alicyclic amines) is 2. The number of benzene rings is 1. The Labute approximate surface area is 175 Å². The second-order valence-electron chi connectivity index (χ2n) is 12.0. The number of fused-ring (bicyclic) bond motifs is 3. The molecule has 4 nitrogen and oxygen atoms in total. The Morgan fingerprint density at radius 2 is 1.69 bits per heavy atom. The van der Waals surface area contributed by atoms with Crippen LogP contribution in [0.1, 0.15) is 71.2 Å². The zero-order chi connectivity index (χ0) is 20.6. The third kappa shape index (κ3) is 3.23. The van der Waals surface area contributed by atoms with E-state index in [2.05, 4.69) is 68.6 Å². The molecule has 0 bridgehead atoms. The Bertz CT molecular complexity index is 914. The van der Waals surface area contributed by atoms with Gasteiger partial charge in [0.15, 0.2) is 5.58 Å². The van der Waals surface area contributed by atoms with Crippen molar-refractivity contribution in [3.8, 4) is 0 Å². The molecule has 1 atom stereocenters. The smallest absolute Gasteiger partial charge is 0.170 e. The van der Waals surface area contributed by atoms with E-state index in [1.54, 1.807) is 0 Å². The molecule has 29 heavy (non-hydrogen) atoms. The molecule has 158 valence electrons. The lowest BCUT2D eigenvalue weighted by Gasteiger charge is -2.57. The quantitative estimate of drug-likeness (QED) is 0.695. The van der Waals surface area contributed by atoms with Crippen LogP contribution in [0.4, 0.5) is 0 Å². The fourth-order valence-corrected chi connectivity index (χ4v) is 5.92. The van der Waals surface area contributed by atoms with E-state index in [0.717, 1.165) is 17.7 Å². The molecule has 3 aliphatic rings. The highest BCUT2D eigenvalue weighted by atomic mass is 16.5. The number of rotatable bonds is 1. The van der Waals surface area contributed by atoms with Gasteiger partial charge in [-0.2, -0.15) is 0 Å². The van der Waals surface area contributed by atoms with Gasteiger partial charge in [-0.3, -0.25) is 9.80 Å². The van der Waals surface area contributed by atoms with Crippen LogP contribution in [0.5, 0.6) is 0 Å². The van der Waals surface area contributed by atoms with Crippen molar-refractivity contribution in [2.24, 2.45) is 5.41 Å². The van der Waals surface area contributed by atoms with Gasteiger partial charge in [-0.1, -0.05) is 32.0 Å². The summed E-state index contributed by atoms with van der Waals surface area (Å²) in [5.74, 6) is 0. The van der Waals surface area contributed by atoms with Crippen LogP contribution in [0, 0.1) is 5.41 Å². The van der Waals surface area contributed by atoms with E-state index >= 15 is 0 Å². The maximum Gasteiger partial charge on any atom is 0.170 e. The van der Waals surface area contributed by atoms with Gasteiger partial charge in [0.1, 0.15) is 0 Å².